The maximum Gasteiger partial charge on any atom is 0.141 e. The summed E-state index contributed by atoms with van der Waals surface area (Å²) in [5.41, 5.74) is -0.0987. The molecule has 2 heteroatoms. The number of unbranched alkanes of at least 4 members (excludes halogenated alkanes) is 1. The summed E-state index contributed by atoms with van der Waals surface area (Å²) in [4.78, 5) is 11.9. The van der Waals surface area contributed by atoms with Gasteiger partial charge in [-0.05, 0) is 32.6 Å². The molecule has 0 amide bonds. The Hall–Kier alpha value is -0.370. The number of Topliss-reactive ketones (excluding diaryl/α,β-unsaturated/α-hetero) is 1. The maximum absolute atomic E-state index is 11.9. The van der Waals surface area contributed by atoms with E-state index in [2.05, 4.69) is 13.8 Å². The van der Waals surface area contributed by atoms with Gasteiger partial charge in [-0.25, -0.2) is 0 Å². The number of rotatable bonds is 3. The molecule has 1 spiro atoms. The molecular formula is C13H22O2. The van der Waals surface area contributed by atoms with E-state index in [1.807, 2.05) is 0 Å². The summed E-state index contributed by atoms with van der Waals surface area (Å²) in [7, 11) is 0. The smallest absolute Gasteiger partial charge is 0.141 e. The van der Waals surface area contributed by atoms with Crippen molar-refractivity contribution in [3.63, 3.8) is 0 Å². The molecule has 0 unspecified atom stereocenters. The predicted octanol–water partition coefficient (Wildman–Crippen LogP) is 3.10. The number of ether oxygens (including phenoxy) is 1. The lowest BCUT2D eigenvalue weighted by Crippen LogP contribution is -2.29. The molecule has 1 saturated carbocycles. The van der Waals surface area contributed by atoms with Crippen LogP contribution in [-0.4, -0.2) is 18.0 Å². The highest BCUT2D eigenvalue weighted by Crippen LogP contribution is 2.49. The zero-order chi connectivity index (χ0) is 10.9. The van der Waals surface area contributed by atoms with Crippen molar-refractivity contribution in [2.75, 3.05) is 6.61 Å². The van der Waals surface area contributed by atoms with Crippen molar-refractivity contribution in [3.05, 3.63) is 0 Å². The maximum atomic E-state index is 11.9. The van der Waals surface area contributed by atoms with Gasteiger partial charge in [0, 0.05) is 6.42 Å². The van der Waals surface area contributed by atoms with Crippen LogP contribution < -0.4 is 0 Å². The minimum atomic E-state index is -0.0809. The number of carbonyl (C=O) groups is 1. The lowest BCUT2D eigenvalue weighted by Gasteiger charge is -2.25. The zero-order valence-electron chi connectivity index (χ0n) is 9.97. The number of carbonyl (C=O) groups excluding carboxylic acids is 1. The Balaban J connectivity index is 2.01. The molecule has 2 nitrogen and oxygen atoms in total. The van der Waals surface area contributed by atoms with Crippen molar-refractivity contribution < 1.29 is 9.53 Å². The molecule has 2 aliphatic rings. The number of hydrogen-bond donors (Lipinski definition) is 0. The summed E-state index contributed by atoms with van der Waals surface area (Å²) in [6.07, 6.45) is 7.42. The first-order chi connectivity index (χ1) is 7.10. The number of ketones is 1. The van der Waals surface area contributed by atoms with Crippen LogP contribution in [0.2, 0.25) is 0 Å². The van der Waals surface area contributed by atoms with E-state index in [4.69, 9.17) is 4.74 Å². The highest BCUT2D eigenvalue weighted by molar-refractivity contribution is 5.87. The molecule has 1 aliphatic carbocycles. The zero-order valence-corrected chi connectivity index (χ0v) is 9.97. The van der Waals surface area contributed by atoms with Crippen LogP contribution in [0.25, 0.3) is 0 Å². The molecule has 0 aromatic rings. The Morgan fingerprint density at radius 2 is 2.27 bits per heavy atom. The fraction of sp³-hybridized carbons (Fsp3) is 0.923. The van der Waals surface area contributed by atoms with Gasteiger partial charge in [-0.1, -0.05) is 19.8 Å². The van der Waals surface area contributed by atoms with Gasteiger partial charge in [-0.3, -0.25) is 4.79 Å². The normalized spacial score (nSPS) is 40.5. The SMILES string of the molecule is CCCC[C@]1(C)C[C@@]2(CCCC2=O)CO1. The summed E-state index contributed by atoms with van der Waals surface area (Å²) >= 11 is 0. The van der Waals surface area contributed by atoms with E-state index in [1.54, 1.807) is 0 Å². The van der Waals surface area contributed by atoms with E-state index < -0.39 is 0 Å². The van der Waals surface area contributed by atoms with Crippen molar-refractivity contribution in [1.29, 1.82) is 0 Å². The second-order valence-corrected chi connectivity index (χ2v) is 5.58. The van der Waals surface area contributed by atoms with Crippen molar-refractivity contribution in [3.8, 4) is 0 Å². The fourth-order valence-corrected chi connectivity index (χ4v) is 3.17. The molecule has 15 heavy (non-hydrogen) atoms. The van der Waals surface area contributed by atoms with E-state index >= 15 is 0 Å². The molecule has 0 bridgehead atoms. The third-order valence-electron chi connectivity index (χ3n) is 4.12. The molecule has 86 valence electrons. The Kier molecular flexibility index (Phi) is 2.89. The van der Waals surface area contributed by atoms with Crippen molar-refractivity contribution >= 4 is 5.78 Å². The third kappa shape index (κ3) is 1.96. The average Bonchev–Trinajstić information content (AvgIpc) is 2.72. The van der Waals surface area contributed by atoms with Crippen molar-refractivity contribution in [1.82, 2.24) is 0 Å². The molecule has 1 heterocycles. The first-order valence-corrected chi connectivity index (χ1v) is 6.28. The van der Waals surface area contributed by atoms with Crippen molar-refractivity contribution in [2.45, 2.75) is 64.4 Å². The lowest BCUT2D eigenvalue weighted by atomic mass is 9.78. The lowest BCUT2D eigenvalue weighted by molar-refractivity contribution is -0.125. The molecule has 1 aliphatic heterocycles. The molecule has 0 N–H and O–H groups in total. The summed E-state index contributed by atoms with van der Waals surface area (Å²) in [6, 6.07) is 0. The van der Waals surface area contributed by atoms with Gasteiger partial charge in [0.1, 0.15) is 5.78 Å². The van der Waals surface area contributed by atoms with E-state index in [0.29, 0.717) is 12.4 Å². The largest absolute Gasteiger partial charge is 0.374 e. The Bertz CT molecular complexity index is 261. The van der Waals surface area contributed by atoms with Crippen LogP contribution in [0.1, 0.15) is 58.8 Å². The predicted molar refractivity (Wildman–Crippen MR) is 59.8 cm³/mol. The van der Waals surface area contributed by atoms with Crippen LogP contribution in [0.5, 0.6) is 0 Å². The van der Waals surface area contributed by atoms with Gasteiger partial charge >= 0.3 is 0 Å². The molecule has 2 fully saturated rings. The highest BCUT2D eigenvalue weighted by Gasteiger charge is 2.52. The molecule has 1 saturated heterocycles. The minimum Gasteiger partial charge on any atom is -0.374 e. The van der Waals surface area contributed by atoms with Gasteiger partial charge in [0.2, 0.25) is 0 Å². The standard InChI is InChI=1S/C13H22O2/c1-3-4-7-12(2)9-13(10-15-12)8-5-6-11(13)14/h3-10H2,1-2H3/t12-,13+/m1/s1. The van der Waals surface area contributed by atoms with Gasteiger partial charge in [-0.2, -0.15) is 0 Å². The highest BCUT2D eigenvalue weighted by atomic mass is 16.5. The topological polar surface area (TPSA) is 26.3 Å². The van der Waals surface area contributed by atoms with Crippen LogP contribution in [0.15, 0.2) is 0 Å². The van der Waals surface area contributed by atoms with Crippen LogP contribution >= 0.6 is 0 Å². The van der Waals surface area contributed by atoms with E-state index in [-0.39, 0.29) is 11.0 Å². The van der Waals surface area contributed by atoms with Gasteiger partial charge in [0.15, 0.2) is 0 Å². The molecule has 2 rings (SSSR count). The minimum absolute atomic E-state index is 0.0178. The van der Waals surface area contributed by atoms with Gasteiger partial charge in [-0.15, -0.1) is 0 Å². The first kappa shape index (κ1) is 11.1. The van der Waals surface area contributed by atoms with Gasteiger partial charge in [0.25, 0.3) is 0 Å². The number of hydrogen-bond acceptors (Lipinski definition) is 2. The molecule has 0 radical (unpaired) electrons. The summed E-state index contributed by atoms with van der Waals surface area (Å²) in [5, 5.41) is 0. The molecule has 0 aromatic heterocycles. The summed E-state index contributed by atoms with van der Waals surface area (Å²) < 4.78 is 5.93. The van der Waals surface area contributed by atoms with E-state index in [9.17, 15) is 4.79 Å². The second kappa shape index (κ2) is 3.89. The Labute approximate surface area is 92.4 Å². The molecular weight excluding hydrogens is 188 g/mol. The molecule has 0 aromatic carbocycles. The van der Waals surface area contributed by atoms with Crippen molar-refractivity contribution in [2.24, 2.45) is 5.41 Å². The average molecular weight is 210 g/mol. The Morgan fingerprint density at radius 1 is 1.47 bits per heavy atom. The summed E-state index contributed by atoms with van der Waals surface area (Å²) in [6.45, 7) is 5.07. The third-order valence-corrected chi connectivity index (χ3v) is 4.12. The van der Waals surface area contributed by atoms with Crippen LogP contribution in [-0.2, 0) is 9.53 Å². The van der Waals surface area contributed by atoms with Gasteiger partial charge in [0.05, 0.1) is 17.6 Å². The second-order valence-electron chi connectivity index (χ2n) is 5.58. The monoisotopic (exact) mass is 210 g/mol. The Morgan fingerprint density at radius 3 is 2.87 bits per heavy atom. The summed E-state index contributed by atoms with van der Waals surface area (Å²) in [5.74, 6) is 0.461. The molecule has 2 atom stereocenters. The van der Waals surface area contributed by atoms with Gasteiger partial charge < -0.3 is 4.74 Å². The van der Waals surface area contributed by atoms with E-state index in [0.717, 1.165) is 32.1 Å². The van der Waals surface area contributed by atoms with Crippen LogP contribution in [0.3, 0.4) is 0 Å². The van der Waals surface area contributed by atoms with Crippen LogP contribution in [0.4, 0.5) is 0 Å². The van der Waals surface area contributed by atoms with E-state index in [1.165, 1.54) is 12.8 Å². The fourth-order valence-electron chi connectivity index (χ4n) is 3.17. The quantitative estimate of drug-likeness (QED) is 0.715. The van der Waals surface area contributed by atoms with Crippen LogP contribution in [0, 0.1) is 5.41 Å². The first-order valence-electron chi connectivity index (χ1n) is 6.28.